The van der Waals surface area contributed by atoms with Crippen molar-refractivity contribution in [3.63, 3.8) is 0 Å². The molecule has 0 bridgehead atoms. The van der Waals surface area contributed by atoms with Gasteiger partial charge < -0.3 is 5.41 Å². The number of nitrogens with one attached hydrogen (secondary N) is 1. The second-order valence-electron chi connectivity index (χ2n) is 1.60. The maximum Gasteiger partial charge on any atom is 0.0421 e. The van der Waals surface area contributed by atoms with Crippen molar-refractivity contribution < 1.29 is 0 Å². The Morgan fingerprint density at radius 2 is 2.18 bits per heavy atom. The molecule has 0 aliphatic carbocycles. The first-order chi connectivity index (χ1) is 5.31. The Morgan fingerprint density at radius 3 is 2.73 bits per heavy atom. The van der Waals surface area contributed by atoms with Crippen LogP contribution in [0.1, 0.15) is 0 Å². The molecule has 0 atom stereocenters. The fraction of sp³-hybridized carbons (Fsp3) is 0. The highest BCUT2D eigenvalue weighted by molar-refractivity contribution is 6.31. The van der Waals surface area contributed by atoms with Crippen molar-refractivity contribution in [2.45, 2.75) is 0 Å². The Morgan fingerprint density at radius 1 is 1.45 bits per heavy atom. The number of allylic oxidation sites excluding steroid dienone is 5. The van der Waals surface area contributed by atoms with Crippen LogP contribution in [-0.2, 0) is 0 Å². The van der Waals surface area contributed by atoms with Gasteiger partial charge in [-0.15, -0.1) is 0 Å². The molecule has 0 fully saturated rings. The Hall–Kier alpha value is -1.15. The molecule has 0 saturated heterocycles. The monoisotopic (exact) mass is 168 g/mol. The second-order valence-corrected chi connectivity index (χ2v) is 2.04. The van der Waals surface area contributed by atoms with Crippen LogP contribution >= 0.6 is 11.6 Å². The fourth-order valence-electron chi connectivity index (χ4n) is 0.383. The van der Waals surface area contributed by atoms with Crippen LogP contribution in [-0.4, -0.2) is 12.9 Å². The largest absolute Gasteiger partial charge is 0.309 e. The third-order valence-corrected chi connectivity index (χ3v) is 1.05. The highest BCUT2D eigenvalue weighted by Gasteiger charge is 1.77. The van der Waals surface area contributed by atoms with Crippen LogP contribution in [0, 0.1) is 5.41 Å². The summed E-state index contributed by atoms with van der Waals surface area (Å²) in [7, 11) is 0. The standard InChI is InChI=1S/C8H9ClN2/c1-11-7-5-8(9)4-2-3-6-10/h2-7,10H,1H2/b3-2+,7-5-,8-4+,10-6?. The van der Waals surface area contributed by atoms with Crippen molar-refractivity contribution in [3.8, 4) is 0 Å². The fourth-order valence-corrected chi connectivity index (χ4v) is 0.512. The molecule has 0 aromatic carbocycles. The molecule has 0 rings (SSSR count). The summed E-state index contributed by atoms with van der Waals surface area (Å²) in [5.41, 5.74) is 0. The molecule has 0 aliphatic heterocycles. The van der Waals surface area contributed by atoms with Crippen LogP contribution in [0.15, 0.2) is 40.5 Å². The average Bonchev–Trinajstić information content (AvgIpc) is 2.01. The third kappa shape index (κ3) is 6.74. The van der Waals surface area contributed by atoms with E-state index in [4.69, 9.17) is 17.0 Å². The van der Waals surface area contributed by atoms with Crippen molar-refractivity contribution >= 4 is 24.5 Å². The molecular formula is C8H9ClN2. The maximum atomic E-state index is 6.65. The molecule has 58 valence electrons. The zero-order valence-electron chi connectivity index (χ0n) is 6.00. The molecule has 0 spiro atoms. The number of hydrogen-bond acceptors (Lipinski definition) is 2. The summed E-state index contributed by atoms with van der Waals surface area (Å²) < 4.78 is 0. The van der Waals surface area contributed by atoms with E-state index < -0.39 is 0 Å². The SMILES string of the molecule is C=N\C=C/C(Cl)=C\C=C\C=N. The van der Waals surface area contributed by atoms with Crippen molar-refractivity contribution in [3.05, 3.63) is 35.5 Å². The lowest BCUT2D eigenvalue weighted by Crippen LogP contribution is -1.61. The molecule has 0 aliphatic rings. The highest BCUT2D eigenvalue weighted by Crippen LogP contribution is 2.02. The molecule has 0 amide bonds. The van der Waals surface area contributed by atoms with Gasteiger partial charge in [0.2, 0.25) is 0 Å². The predicted octanol–water partition coefficient (Wildman–Crippen LogP) is 2.53. The molecule has 0 aromatic heterocycles. The van der Waals surface area contributed by atoms with Crippen molar-refractivity contribution in [1.82, 2.24) is 0 Å². The molecule has 2 nitrogen and oxygen atoms in total. The molecule has 0 aromatic rings. The number of hydrogen-bond donors (Lipinski definition) is 1. The summed E-state index contributed by atoms with van der Waals surface area (Å²) in [5, 5.41) is 7.21. The number of halogens is 1. The summed E-state index contributed by atoms with van der Waals surface area (Å²) in [6, 6.07) is 0. The van der Waals surface area contributed by atoms with Gasteiger partial charge in [0.15, 0.2) is 0 Å². The van der Waals surface area contributed by atoms with E-state index in [1.54, 1.807) is 24.3 Å². The Bertz CT molecular complexity index is 214. The minimum atomic E-state index is 0.551. The normalized spacial score (nSPS) is 12.6. The lowest BCUT2D eigenvalue weighted by atomic mass is 10.4. The summed E-state index contributed by atoms with van der Waals surface area (Å²) in [5.74, 6) is 0. The van der Waals surface area contributed by atoms with E-state index in [1.165, 1.54) is 12.4 Å². The number of aliphatic imine (C=N–C) groups is 1. The summed E-state index contributed by atoms with van der Waals surface area (Å²) >= 11 is 5.66. The molecule has 11 heavy (non-hydrogen) atoms. The van der Waals surface area contributed by atoms with Gasteiger partial charge >= 0.3 is 0 Å². The van der Waals surface area contributed by atoms with Gasteiger partial charge in [0.25, 0.3) is 0 Å². The first-order valence-electron chi connectivity index (χ1n) is 2.96. The first-order valence-corrected chi connectivity index (χ1v) is 3.34. The first kappa shape index (κ1) is 9.85. The average molecular weight is 169 g/mol. The smallest absolute Gasteiger partial charge is 0.0421 e. The van der Waals surface area contributed by atoms with Crippen molar-refractivity contribution in [2.75, 3.05) is 0 Å². The molecule has 0 unspecified atom stereocenters. The van der Waals surface area contributed by atoms with Crippen LogP contribution in [0.4, 0.5) is 0 Å². The second kappa shape index (κ2) is 6.96. The van der Waals surface area contributed by atoms with Gasteiger partial charge in [-0.3, -0.25) is 4.99 Å². The lowest BCUT2D eigenvalue weighted by Gasteiger charge is -1.81. The minimum Gasteiger partial charge on any atom is -0.309 e. The number of nitrogens with zero attached hydrogens (tertiary/aromatic N) is 1. The highest BCUT2D eigenvalue weighted by atomic mass is 35.5. The van der Waals surface area contributed by atoms with E-state index in [9.17, 15) is 0 Å². The van der Waals surface area contributed by atoms with Crippen LogP contribution in [0.5, 0.6) is 0 Å². The number of rotatable bonds is 4. The Kier molecular flexibility index (Phi) is 6.24. The van der Waals surface area contributed by atoms with Crippen LogP contribution in [0.2, 0.25) is 0 Å². The van der Waals surface area contributed by atoms with Crippen LogP contribution < -0.4 is 0 Å². The van der Waals surface area contributed by atoms with Gasteiger partial charge in [0.05, 0.1) is 0 Å². The van der Waals surface area contributed by atoms with Crippen LogP contribution in [0.3, 0.4) is 0 Å². The van der Waals surface area contributed by atoms with E-state index in [0.29, 0.717) is 5.03 Å². The van der Waals surface area contributed by atoms with Crippen molar-refractivity contribution in [1.29, 1.82) is 5.41 Å². The Labute approximate surface area is 71.1 Å². The molecule has 1 N–H and O–H groups in total. The van der Waals surface area contributed by atoms with E-state index >= 15 is 0 Å². The zero-order valence-corrected chi connectivity index (χ0v) is 6.75. The molecule has 0 heterocycles. The van der Waals surface area contributed by atoms with Gasteiger partial charge in [-0.2, -0.15) is 0 Å². The van der Waals surface area contributed by atoms with Gasteiger partial charge in [0.1, 0.15) is 0 Å². The van der Waals surface area contributed by atoms with Gasteiger partial charge in [-0.25, -0.2) is 0 Å². The summed E-state index contributed by atoms with van der Waals surface area (Å²) in [6.45, 7) is 3.25. The minimum absolute atomic E-state index is 0.551. The third-order valence-electron chi connectivity index (χ3n) is 0.802. The van der Waals surface area contributed by atoms with Crippen molar-refractivity contribution in [2.24, 2.45) is 4.99 Å². The molecular weight excluding hydrogens is 160 g/mol. The molecule has 0 saturated carbocycles. The molecule has 3 heteroatoms. The Balaban J connectivity index is 3.99. The van der Waals surface area contributed by atoms with E-state index in [1.807, 2.05) is 0 Å². The van der Waals surface area contributed by atoms with E-state index in [0.717, 1.165) is 0 Å². The lowest BCUT2D eigenvalue weighted by molar-refractivity contribution is 1.58. The quantitative estimate of drug-likeness (QED) is 0.495. The van der Waals surface area contributed by atoms with Gasteiger partial charge in [-0.1, -0.05) is 17.7 Å². The predicted molar refractivity (Wildman–Crippen MR) is 50.5 cm³/mol. The van der Waals surface area contributed by atoms with E-state index in [2.05, 4.69) is 11.7 Å². The summed E-state index contributed by atoms with van der Waals surface area (Å²) in [6.07, 6.45) is 9.19. The maximum absolute atomic E-state index is 6.65. The molecule has 0 radical (unpaired) electrons. The van der Waals surface area contributed by atoms with Gasteiger partial charge in [0, 0.05) is 17.4 Å². The van der Waals surface area contributed by atoms with Gasteiger partial charge in [-0.05, 0) is 24.9 Å². The van der Waals surface area contributed by atoms with Crippen LogP contribution in [0.25, 0.3) is 0 Å². The summed E-state index contributed by atoms with van der Waals surface area (Å²) in [4.78, 5) is 3.48. The topological polar surface area (TPSA) is 36.2 Å². The zero-order chi connectivity index (χ0) is 8.53. The van der Waals surface area contributed by atoms with E-state index in [-0.39, 0.29) is 0 Å².